The number of aliphatic hydroxyl groups excluding tert-OH is 1. The molecule has 3 atom stereocenters. The van der Waals surface area contributed by atoms with Crippen molar-refractivity contribution in [1.29, 1.82) is 0 Å². The lowest BCUT2D eigenvalue weighted by Gasteiger charge is -2.34. The maximum Gasteiger partial charge on any atom is 0.472 e. The molecule has 2 rings (SSSR count). The fourth-order valence-corrected chi connectivity index (χ4v) is 4.43. The monoisotopic (exact) mass is 498 g/mol. The van der Waals surface area contributed by atoms with Crippen LogP contribution in [0.3, 0.4) is 0 Å². The highest BCUT2D eigenvalue weighted by Gasteiger charge is 2.39. The minimum atomic E-state index is -4.50. The normalized spacial score (nSPS) is 15.6. The van der Waals surface area contributed by atoms with Crippen LogP contribution >= 0.6 is 7.82 Å². The molecule has 0 bridgehead atoms. The van der Waals surface area contributed by atoms with Gasteiger partial charge in [0.1, 0.15) is 5.75 Å². The fraction of sp³-hybridized carbons (Fsp3) is 0.542. The molecule has 0 radical (unpaired) electrons. The van der Waals surface area contributed by atoms with Crippen LogP contribution in [0.1, 0.15) is 38.5 Å². The second kappa shape index (κ2) is 13.2. The number of fused-ring (bicyclic) bond motifs is 1. The molecule has 9 nitrogen and oxygen atoms in total. The Labute approximate surface area is 201 Å². The molecule has 190 valence electrons. The van der Waals surface area contributed by atoms with E-state index in [4.69, 9.17) is 18.9 Å². The lowest BCUT2D eigenvalue weighted by atomic mass is 10.1. The molecule has 0 aliphatic carbocycles. The van der Waals surface area contributed by atoms with Crippen LogP contribution in [0.25, 0.3) is 10.8 Å². The fourth-order valence-electron chi connectivity index (χ4n) is 3.49. The third-order valence-corrected chi connectivity index (χ3v) is 6.37. The molecule has 0 saturated heterocycles. The number of rotatable bonds is 16. The minimum absolute atomic E-state index is 0.000540. The van der Waals surface area contributed by atoms with E-state index in [2.05, 4.69) is 12.1 Å². The molecule has 0 saturated carbocycles. The summed E-state index contributed by atoms with van der Waals surface area (Å²) in [5.74, 6) is -0.372. The van der Waals surface area contributed by atoms with Crippen molar-refractivity contribution in [1.82, 2.24) is 0 Å². The summed E-state index contributed by atoms with van der Waals surface area (Å²) in [4.78, 5) is 21.0. The first kappa shape index (κ1) is 28.2. The molecule has 34 heavy (non-hydrogen) atoms. The molecule has 0 spiro atoms. The van der Waals surface area contributed by atoms with Gasteiger partial charge in [0.05, 0.1) is 40.8 Å². The quantitative estimate of drug-likeness (QED) is 0.136. The summed E-state index contributed by atoms with van der Waals surface area (Å²) in [6.07, 6.45) is 0.811. The van der Waals surface area contributed by atoms with E-state index in [9.17, 15) is 19.4 Å². The number of nitrogens with zero attached hydrogens (tertiary/aromatic N) is 1. The molecule has 0 amide bonds. The van der Waals surface area contributed by atoms with Gasteiger partial charge < -0.3 is 24.3 Å². The zero-order valence-electron chi connectivity index (χ0n) is 20.1. The Morgan fingerprint density at radius 3 is 2.26 bits per heavy atom. The smallest absolute Gasteiger partial charge is 0.472 e. The number of carboxylic acids is 1. The summed E-state index contributed by atoms with van der Waals surface area (Å²) in [7, 11) is 0.370. The van der Waals surface area contributed by atoms with Gasteiger partial charge in [0, 0.05) is 5.39 Å². The number of benzene rings is 2. The van der Waals surface area contributed by atoms with Crippen LogP contribution in [0, 0.1) is 0 Å². The molecule has 0 aromatic heterocycles. The number of quaternary nitrogens is 1. The van der Waals surface area contributed by atoms with Gasteiger partial charge in [-0.05, 0) is 24.3 Å². The predicted octanol–water partition coefficient (Wildman–Crippen LogP) is 4.17. The lowest BCUT2D eigenvalue weighted by molar-refractivity contribution is -0.922. The average molecular weight is 499 g/mol. The molecule has 2 aromatic carbocycles. The third kappa shape index (κ3) is 9.70. The molecule has 0 fully saturated rings. The first-order chi connectivity index (χ1) is 16.0. The molecule has 0 aliphatic heterocycles. The highest BCUT2D eigenvalue weighted by Crippen LogP contribution is 2.46. The van der Waals surface area contributed by atoms with Gasteiger partial charge in [0.2, 0.25) is 6.23 Å². The Hall–Kier alpha value is -2.00. The maximum atomic E-state index is 12.2. The summed E-state index contributed by atoms with van der Waals surface area (Å²) in [5, 5.41) is 21.5. The SMILES string of the molecule is C[N+](C)(C)C(O)[C@@H](CC(=O)O)OP(=O)(O)OCCCCCCCOc1cccc2ccccc12. The van der Waals surface area contributed by atoms with Crippen molar-refractivity contribution in [2.45, 2.75) is 50.9 Å². The standard InChI is InChI=1S/C24H36NO8P/c1-25(2,3)24(28)22(18-23(26)27)33-34(29,30)32-17-10-6-4-5-9-16-31-21-15-11-13-19-12-7-8-14-20(19)21/h7-8,11-15,22,24,28H,4-6,9-10,16-18H2,1-3H3,(H-,26,27,29,30)/p+1/t22-,24?/m1/s1. The van der Waals surface area contributed by atoms with Crippen LogP contribution in [0.15, 0.2) is 42.5 Å². The number of phosphoric ester groups is 1. The third-order valence-electron chi connectivity index (χ3n) is 5.32. The van der Waals surface area contributed by atoms with Crippen molar-refractivity contribution >= 4 is 24.6 Å². The van der Waals surface area contributed by atoms with E-state index in [0.717, 1.165) is 42.2 Å². The van der Waals surface area contributed by atoms with Gasteiger partial charge in [-0.3, -0.25) is 13.8 Å². The van der Waals surface area contributed by atoms with Gasteiger partial charge in [-0.1, -0.05) is 55.7 Å². The van der Waals surface area contributed by atoms with Gasteiger partial charge in [0.15, 0.2) is 6.10 Å². The van der Waals surface area contributed by atoms with Crippen LogP contribution in [0.4, 0.5) is 0 Å². The predicted molar refractivity (Wildman–Crippen MR) is 129 cm³/mol. The number of ether oxygens (including phenoxy) is 1. The van der Waals surface area contributed by atoms with Crippen LogP contribution in [0.2, 0.25) is 0 Å². The summed E-state index contributed by atoms with van der Waals surface area (Å²) >= 11 is 0. The van der Waals surface area contributed by atoms with Crippen molar-refractivity contribution in [3.05, 3.63) is 42.5 Å². The first-order valence-electron chi connectivity index (χ1n) is 11.5. The van der Waals surface area contributed by atoms with Gasteiger partial charge in [-0.25, -0.2) is 4.57 Å². The Morgan fingerprint density at radius 2 is 1.59 bits per heavy atom. The largest absolute Gasteiger partial charge is 0.493 e. The molecule has 3 N–H and O–H groups in total. The minimum Gasteiger partial charge on any atom is -0.493 e. The number of likely N-dealkylation sites (N-methyl/N-ethyl adjacent to an activating group) is 1. The molecular weight excluding hydrogens is 461 g/mol. The van der Waals surface area contributed by atoms with Crippen molar-refractivity contribution < 1.29 is 42.7 Å². The Bertz CT molecular complexity index is 956. The molecule has 2 unspecified atom stereocenters. The van der Waals surface area contributed by atoms with E-state index in [0.29, 0.717) is 13.0 Å². The molecule has 2 aromatic rings. The molecular formula is C24H37NO8P+. The summed E-state index contributed by atoms with van der Waals surface area (Å²) < 4.78 is 28.1. The molecule has 10 heteroatoms. The molecule has 0 aliphatic rings. The highest BCUT2D eigenvalue weighted by atomic mass is 31.2. The number of aliphatic carboxylic acids is 1. The number of aliphatic hydroxyl groups is 1. The maximum absolute atomic E-state index is 12.2. The topological polar surface area (TPSA) is 123 Å². The van der Waals surface area contributed by atoms with E-state index >= 15 is 0 Å². The van der Waals surface area contributed by atoms with E-state index < -0.39 is 32.5 Å². The zero-order valence-corrected chi connectivity index (χ0v) is 21.0. The van der Waals surface area contributed by atoms with Gasteiger partial charge in [-0.15, -0.1) is 0 Å². The number of hydrogen-bond acceptors (Lipinski definition) is 6. The number of phosphoric acid groups is 1. The Morgan fingerprint density at radius 1 is 0.971 bits per heavy atom. The van der Waals surface area contributed by atoms with Crippen molar-refractivity contribution in [3.63, 3.8) is 0 Å². The van der Waals surface area contributed by atoms with Crippen LogP contribution < -0.4 is 4.74 Å². The second-order valence-electron chi connectivity index (χ2n) is 9.17. The van der Waals surface area contributed by atoms with Crippen molar-refractivity contribution in [3.8, 4) is 5.75 Å². The highest BCUT2D eigenvalue weighted by molar-refractivity contribution is 7.47. The van der Waals surface area contributed by atoms with Gasteiger partial charge in [0.25, 0.3) is 0 Å². The first-order valence-corrected chi connectivity index (χ1v) is 13.0. The number of unbranched alkanes of at least 4 members (excludes halogenated alkanes) is 4. The second-order valence-corrected chi connectivity index (χ2v) is 10.6. The average Bonchev–Trinajstić information content (AvgIpc) is 2.76. The number of hydrogen-bond donors (Lipinski definition) is 3. The van der Waals surface area contributed by atoms with E-state index in [1.807, 2.05) is 30.3 Å². The van der Waals surface area contributed by atoms with Crippen molar-refractivity contribution in [2.24, 2.45) is 0 Å². The number of carboxylic acid groups (broad SMARTS) is 1. The van der Waals surface area contributed by atoms with E-state index in [1.165, 1.54) is 0 Å². The Balaban J connectivity index is 1.64. The van der Waals surface area contributed by atoms with Crippen LogP contribution in [0.5, 0.6) is 5.75 Å². The van der Waals surface area contributed by atoms with Crippen molar-refractivity contribution in [2.75, 3.05) is 34.4 Å². The van der Waals surface area contributed by atoms with E-state index in [-0.39, 0.29) is 11.1 Å². The van der Waals surface area contributed by atoms with Crippen LogP contribution in [-0.4, -0.2) is 72.2 Å². The summed E-state index contributed by atoms with van der Waals surface area (Å²) in [5.41, 5.74) is 0. The lowest BCUT2D eigenvalue weighted by Crippen LogP contribution is -2.52. The molecule has 0 heterocycles. The van der Waals surface area contributed by atoms with Gasteiger partial charge >= 0.3 is 13.8 Å². The van der Waals surface area contributed by atoms with Crippen LogP contribution in [-0.2, 0) is 18.4 Å². The van der Waals surface area contributed by atoms with Gasteiger partial charge in [-0.2, -0.15) is 0 Å². The summed E-state index contributed by atoms with van der Waals surface area (Å²) in [6, 6.07) is 14.1. The zero-order chi connectivity index (χ0) is 25.2. The summed E-state index contributed by atoms with van der Waals surface area (Å²) in [6.45, 7) is 0.615. The Kier molecular flexibility index (Phi) is 11.0. The number of carbonyl (C=O) groups is 1. The van der Waals surface area contributed by atoms with E-state index in [1.54, 1.807) is 21.1 Å².